The summed E-state index contributed by atoms with van der Waals surface area (Å²) in [5.41, 5.74) is 1.13. The smallest absolute Gasteiger partial charge is 0.0935 e. The topological polar surface area (TPSA) is 12.9 Å². The Labute approximate surface area is 83.4 Å². The van der Waals surface area contributed by atoms with Crippen LogP contribution in [0.3, 0.4) is 0 Å². The van der Waals surface area contributed by atoms with Crippen molar-refractivity contribution >= 4 is 21.6 Å². The molecule has 1 nitrogen and oxygen atoms in total. The maximum Gasteiger partial charge on any atom is 0.0935 e. The van der Waals surface area contributed by atoms with Crippen LogP contribution in [0.4, 0.5) is 0 Å². The van der Waals surface area contributed by atoms with Crippen molar-refractivity contribution in [2.24, 2.45) is 0 Å². The van der Waals surface area contributed by atoms with E-state index in [2.05, 4.69) is 30.1 Å². The van der Waals surface area contributed by atoms with Gasteiger partial charge in [-0.2, -0.15) is 0 Å². The lowest BCUT2D eigenvalue weighted by molar-refractivity contribution is 1.11. The van der Waals surface area contributed by atoms with Crippen molar-refractivity contribution in [2.45, 2.75) is 27.2 Å². The summed E-state index contributed by atoms with van der Waals surface area (Å²) in [7, 11) is 0. The Bertz CT molecular complexity index is 332. The van der Waals surface area contributed by atoms with E-state index in [9.17, 15) is 0 Å². The highest BCUT2D eigenvalue weighted by atomic mass is 32.1. The molecule has 0 aliphatic heterocycles. The van der Waals surface area contributed by atoms with Crippen LogP contribution in [0.2, 0.25) is 0 Å². The van der Waals surface area contributed by atoms with Crippen LogP contribution in [0.25, 0.3) is 10.2 Å². The molecule has 0 aliphatic carbocycles. The Balaban J connectivity index is 0.000000396. The number of aryl methyl sites for hydroxylation is 1. The molecule has 1 aromatic carbocycles. The second kappa shape index (κ2) is 4.97. The zero-order chi connectivity index (χ0) is 9.68. The summed E-state index contributed by atoms with van der Waals surface area (Å²) in [5, 5.41) is 1.23. The number of hydrogen-bond acceptors (Lipinski definition) is 2. The van der Waals surface area contributed by atoms with Gasteiger partial charge in [-0.25, -0.2) is 4.98 Å². The molecule has 0 aliphatic rings. The van der Waals surface area contributed by atoms with Crippen LogP contribution in [0, 0.1) is 0 Å². The number of nitrogens with zero attached hydrogens (tertiary/aromatic N) is 1. The van der Waals surface area contributed by atoms with E-state index in [1.54, 1.807) is 11.3 Å². The van der Waals surface area contributed by atoms with Crippen LogP contribution < -0.4 is 0 Å². The van der Waals surface area contributed by atoms with Crippen molar-refractivity contribution in [3.8, 4) is 0 Å². The Hall–Kier alpha value is -0.890. The molecule has 0 amide bonds. The highest BCUT2D eigenvalue weighted by Gasteiger charge is 1.98. The summed E-state index contributed by atoms with van der Waals surface area (Å²) in [5.74, 6) is 0. The van der Waals surface area contributed by atoms with Crippen molar-refractivity contribution in [2.75, 3.05) is 0 Å². The van der Waals surface area contributed by atoms with Gasteiger partial charge >= 0.3 is 0 Å². The summed E-state index contributed by atoms with van der Waals surface area (Å²) in [6, 6.07) is 8.26. The van der Waals surface area contributed by atoms with E-state index >= 15 is 0 Å². The average Bonchev–Trinajstić information content (AvgIpc) is 2.63. The number of para-hydroxylation sites is 1. The number of hydrogen-bond donors (Lipinski definition) is 0. The fourth-order valence-electron chi connectivity index (χ4n) is 1.07. The molecule has 0 saturated carbocycles. The third-order valence-corrected chi connectivity index (χ3v) is 2.82. The molecule has 0 radical (unpaired) electrons. The molecule has 0 saturated heterocycles. The molecular weight excluding hydrogens is 178 g/mol. The second-order valence-electron chi connectivity index (χ2n) is 2.43. The molecular formula is C11H15NS. The van der Waals surface area contributed by atoms with E-state index < -0.39 is 0 Å². The average molecular weight is 193 g/mol. The van der Waals surface area contributed by atoms with Crippen LogP contribution in [0.5, 0.6) is 0 Å². The predicted molar refractivity (Wildman–Crippen MR) is 60.3 cm³/mol. The number of fused-ring (bicyclic) bond motifs is 1. The number of thiazole rings is 1. The predicted octanol–water partition coefficient (Wildman–Crippen LogP) is 3.88. The molecule has 1 heterocycles. The first-order valence-corrected chi connectivity index (χ1v) is 5.56. The van der Waals surface area contributed by atoms with Crippen LogP contribution in [-0.4, -0.2) is 4.98 Å². The van der Waals surface area contributed by atoms with Crippen LogP contribution in [-0.2, 0) is 6.42 Å². The van der Waals surface area contributed by atoms with Gasteiger partial charge in [-0.1, -0.05) is 32.9 Å². The molecule has 0 unspecified atom stereocenters. The van der Waals surface area contributed by atoms with Gasteiger partial charge in [-0.15, -0.1) is 11.3 Å². The molecule has 0 fully saturated rings. The SMILES string of the molecule is CC.CCc1nc2ccccc2s1. The molecule has 13 heavy (non-hydrogen) atoms. The fourth-order valence-corrected chi connectivity index (χ4v) is 1.98. The van der Waals surface area contributed by atoms with E-state index in [0.29, 0.717) is 0 Å². The second-order valence-corrected chi connectivity index (χ2v) is 3.54. The summed E-state index contributed by atoms with van der Waals surface area (Å²) < 4.78 is 1.30. The van der Waals surface area contributed by atoms with Crippen LogP contribution in [0.1, 0.15) is 25.8 Å². The van der Waals surface area contributed by atoms with Gasteiger partial charge in [0.1, 0.15) is 0 Å². The van der Waals surface area contributed by atoms with Gasteiger partial charge < -0.3 is 0 Å². The Morgan fingerprint density at radius 1 is 1.23 bits per heavy atom. The van der Waals surface area contributed by atoms with Crippen molar-refractivity contribution in [3.05, 3.63) is 29.3 Å². The first-order valence-electron chi connectivity index (χ1n) is 4.74. The minimum atomic E-state index is 1.04. The largest absolute Gasteiger partial charge is 0.241 e. The van der Waals surface area contributed by atoms with Crippen molar-refractivity contribution < 1.29 is 0 Å². The van der Waals surface area contributed by atoms with E-state index in [1.807, 2.05) is 19.9 Å². The van der Waals surface area contributed by atoms with Gasteiger partial charge in [-0.3, -0.25) is 0 Å². The van der Waals surface area contributed by atoms with Crippen molar-refractivity contribution in [1.82, 2.24) is 4.98 Å². The molecule has 2 rings (SSSR count). The maximum absolute atomic E-state index is 4.45. The molecule has 2 heteroatoms. The standard InChI is InChI=1S/C9H9NS.C2H6/c1-2-9-10-7-5-3-4-6-8(7)11-9;1-2/h3-6H,2H2,1H3;1-2H3. The van der Waals surface area contributed by atoms with Gasteiger partial charge in [0.25, 0.3) is 0 Å². The summed E-state index contributed by atoms with van der Waals surface area (Å²) in [4.78, 5) is 4.45. The van der Waals surface area contributed by atoms with E-state index in [4.69, 9.17) is 0 Å². The third kappa shape index (κ3) is 2.28. The monoisotopic (exact) mass is 193 g/mol. The van der Waals surface area contributed by atoms with E-state index in [0.717, 1.165) is 11.9 Å². The molecule has 0 N–H and O–H groups in total. The molecule has 0 spiro atoms. The number of rotatable bonds is 1. The number of benzene rings is 1. The third-order valence-electron chi connectivity index (χ3n) is 1.64. The number of aromatic nitrogens is 1. The van der Waals surface area contributed by atoms with Crippen molar-refractivity contribution in [3.63, 3.8) is 0 Å². The lowest BCUT2D eigenvalue weighted by atomic mass is 10.3. The lowest BCUT2D eigenvalue weighted by Crippen LogP contribution is -1.73. The minimum absolute atomic E-state index is 1.04. The van der Waals surface area contributed by atoms with E-state index in [-0.39, 0.29) is 0 Å². The Morgan fingerprint density at radius 2 is 1.92 bits per heavy atom. The zero-order valence-electron chi connectivity index (χ0n) is 8.37. The molecule has 0 bridgehead atoms. The summed E-state index contributed by atoms with van der Waals surface area (Å²) in [6.45, 7) is 6.14. The summed E-state index contributed by atoms with van der Waals surface area (Å²) in [6.07, 6.45) is 1.04. The fraction of sp³-hybridized carbons (Fsp3) is 0.364. The molecule has 1 aromatic heterocycles. The van der Waals surface area contributed by atoms with E-state index in [1.165, 1.54) is 9.71 Å². The van der Waals surface area contributed by atoms with Gasteiger partial charge in [0, 0.05) is 0 Å². The highest BCUT2D eigenvalue weighted by molar-refractivity contribution is 7.18. The summed E-state index contributed by atoms with van der Waals surface area (Å²) >= 11 is 1.79. The molecule has 0 atom stereocenters. The Kier molecular flexibility index (Phi) is 3.90. The molecule has 2 aromatic rings. The van der Waals surface area contributed by atoms with Gasteiger partial charge in [0.15, 0.2) is 0 Å². The minimum Gasteiger partial charge on any atom is -0.241 e. The van der Waals surface area contributed by atoms with Gasteiger partial charge in [-0.05, 0) is 18.6 Å². The highest BCUT2D eigenvalue weighted by Crippen LogP contribution is 2.21. The van der Waals surface area contributed by atoms with Crippen LogP contribution >= 0.6 is 11.3 Å². The quantitative estimate of drug-likeness (QED) is 0.669. The zero-order valence-corrected chi connectivity index (χ0v) is 9.19. The first kappa shape index (κ1) is 10.2. The Morgan fingerprint density at radius 3 is 2.54 bits per heavy atom. The molecule has 70 valence electrons. The first-order chi connectivity index (χ1) is 6.40. The van der Waals surface area contributed by atoms with Gasteiger partial charge in [0.05, 0.1) is 15.2 Å². The normalized spacial score (nSPS) is 9.46. The van der Waals surface area contributed by atoms with Gasteiger partial charge in [0.2, 0.25) is 0 Å². The maximum atomic E-state index is 4.45. The van der Waals surface area contributed by atoms with Crippen molar-refractivity contribution in [1.29, 1.82) is 0 Å². The van der Waals surface area contributed by atoms with Crippen LogP contribution in [0.15, 0.2) is 24.3 Å². The lowest BCUT2D eigenvalue weighted by Gasteiger charge is -1.80.